The van der Waals surface area contributed by atoms with Gasteiger partial charge in [0.05, 0.1) is 6.54 Å². The van der Waals surface area contributed by atoms with Crippen molar-refractivity contribution in [1.82, 2.24) is 10.2 Å². The van der Waals surface area contributed by atoms with Crippen molar-refractivity contribution in [3.8, 4) is 0 Å². The zero-order valence-corrected chi connectivity index (χ0v) is 13.9. The molecule has 0 aliphatic rings. The molecule has 3 N–H and O–H groups in total. The van der Waals surface area contributed by atoms with Gasteiger partial charge in [-0.1, -0.05) is 19.1 Å². The van der Waals surface area contributed by atoms with E-state index in [9.17, 15) is 4.79 Å². The van der Waals surface area contributed by atoms with Crippen LogP contribution in [0.3, 0.4) is 0 Å². The Labute approximate surface area is 128 Å². The lowest BCUT2D eigenvalue weighted by Gasteiger charge is -2.29. The molecule has 0 atom stereocenters. The van der Waals surface area contributed by atoms with E-state index in [-0.39, 0.29) is 11.4 Å². The molecule has 4 nitrogen and oxygen atoms in total. The molecule has 0 aromatic heterocycles. The van der Waals surface area contributed by atoms with E-state index < -0.39 is 0 Å². The highest BCUT2D eigenvalue weighted by Gasteiger charge is 2.20. The first-order valence-corrected chi connectivity index (χ1v) is 7.63. The van der Waals surface area contributed by atoms with Gasteiger partial charge in [-0.3, -0.25) is 9.69 Å². The second-order valence-corrected chi connectivity index (χ2v) is 6.53. The molecule has 1 aromatic rings. The molecule has 0 heterocycles. The zero-order chi connectivity index (χ0) is 16.0. The molecule has 0 fully saturated rings. The summed E-state index contributed by atoms with van der Waals surface area (Å²) in [4.78, 5) is 14.4. The van der Waals surface area contributed by atoms with Gasteiger partial charge in [-0.25, -0.2) is 0 Å². The van der Waals surface area contributed by atoms with E-state index in [0.29, 0.717) is 12.6 Å². The lowest BCUT2D eigenvalue weighted by Crippen LogP contribution is -2.48. The predicted octanol–water partition coefficient (Wildman–Crippen LogP) is 2.78. The van der Waals surface area contributed by atoms with Crippen LogP contribution < -0.4 is 11.1 Å². The highest BCUT2D eigenvalue weighted by Crippen LogP contribution is 2.12. The minimum absolute atomic E-state index is 0.0750. The Morgan fingerprint density at radius 1 is 1.29 bits per heavy atom. The summed E-state index contributed by atoms with van der Waals surface area (Å²) in [5, 5.41) is 3.09. The first kappa shape index (κ1) is 17.5. The van der Waals surface area contributed by atoms with E-state index in [2.05, 4.69) is 31.0 Å². The Balaban J connectivity index is 2.65. The third-order valence-electron chi connectivity index (χ3n) is 3.80. The standard InChI is InChI=1S/C17H29N3O/c1-6-17(4,5)19-16(21)12-20(13(2)3)11-14-7-9-15(18)10-8-14/h7-10,13H,6,11-12,18H2,1-5H3,(H,19,21). The maximum absolute atomic E-state index is 12.2. The lowest BCUT2D eigenvalue weighted by atomic mass is 10.0. The smallest absolute Gasteiger partial charge is 0.234 e. The topological polar surface area (TPSA) is 58.4 Å². The van der Waals surface area contributed by atoms with Crippen LogP contribution >= 0.6 is 0 Å². The van der Waals surface area contributed by atoms with Gasteiger partial charge in [-0.2, -0.15) is 0 Å². The average molecular weight is 291 g/mol. The molecule has 0 saturated carbocycles. The van der Waals surface area contributed by atoms with Crippen LogP contribution in [-0.2, 0) is 11.3 Å². The number of carbonyl (C=O) groups excluding carboxylic acids is 1. The molecule has 4 heteroatoms. The summed E-state index contributed by atoms with van der Waals surface area (Å²) < 4.78 is 0. The SMILES string of the molecule is CCC(C)(C)NC(=O)CN(Cc1ccc(N)cc1)C(C)C. The van der Waals surface area contributed by atoms with Crippen molar-refractivity contribution >= 4 is 11.6 Å². The normalized spacial score (nSPS) is 12.0. The molecule has 0 spiro atoms. The minimum Gasteiger partial charge on any atom is -0.399 e. The number of nitrogens with two attached hydrogens (primary N) is 1. The molecule has 0 bridgehead atoms. The molecule has 1 rings (SSSR count). The van der Waals surface area contributed by atoms with Crippen molar-refractivity contribution in [3.05, 3.63) is 29.8 Å². The molecule has 0 radical (unpaired) electrons. The number of nitrogens with one attached hydrogen (secondary N) is 1. The van der Waals surface area contributed by atoms with Crippen molar-refractivity contribution in [2.45, 2.75) is 59.2 Å². The van der Waals surface area contributed by atoms with Gasteiger partial charge in [-0.05, 0) is 51.8 Å². The zero-order valence-electron chi connectivity index (χ0n) is 13.9. The van der Waals surface area contributed by atoms with Crippen molar-refractivity contribution in [3.63, 3.8) is 0 Å². The molecule has 1 aromatic carbocycles. The third-order valence-corrected chi connectivity index (χ3v) is 3.80. The Morgan fingerprint density at radius 3 is 2.33 bits per heavy atom. The summed E-state index contributed by atoms with van der Waals surface area (Å²) in [5.41, 5.74) is 7.48. The molecule has 21 heavy (non-hydrogen) atoms. The summed E-state index contributed by atoms with van der Waals surface area (Å²) in [6, 6.07) is 8.12. The molecule has 118 valence electrons. The quantitative estimate of drug-likeness (QED) is 0.759. The number of anilines is 1. The van der Waals surface area contributed by atoms with Crippen molar-refractivity contribution in [1.29, 1.82) is 0 Å². The maximum Gasteiger partial charge on any atom is 0.234 e. The number of nitrogens with zero attached hydrogens (tertiary/aromatic N) is 1. The number of carbonyl (C=O) groups is 1. The molecule has 0 unspecified atom stereocenters. The van der Waals surface area contributed by atoms with Gasteiger partial charge in [0.15, 0.2) is 0 Å². The Hall–Kier alpha value is -1.55. The fourth-order valence-electron chi connectivity index (χ4n) is 1.97. The molecular formula is C17H29N3O. The van der Waals surface area contributed by atoms with Gasteiger partial charge in [0.1, 0.15) is 0 Å². The fourth-order valence-corrected chi connectivity index (χ4v) is 1.97. The van der Waals surface area contributed by atoms with Crippen LogP contribution in [0.4, 0.5) is 5.69 Å². The lowest BCUT2D eigenvalue weighted by molar-refractivity contribution is -0.124. The Morgan fingerprint density at radius 2 is 1.86 bits per heavy atom. The van der Waals surface area contributed by atoms with Gasteiger partial charge < -0.3 is 11.1 Å². The third kappa shape index (κ3) is 6.17. The number of rotatable bonds is 7. The van der Waals surface area contributed by atoms with Gasteiger partial charge >= 0.3 is 0 Å². The van der Waals surface area contributed by atoms with Crippen molar-refractivity contribution in [2.24, 2.45) is 0 Å². The van der Waals surface area contributed by atoms with Crippen LogP contribution in [0.25, 0.3) is 0 Å². The molecule has 0 aliphatic carbocycles. The predicted molar refractivity (Wildman–Crippen MR) is 88.9 cm³/mol. The number of hydrogen-bond donors (Lipinski definition) is 2. The Bertz CT molecular complexity index is 452. The van der Waals surface area contributed by atoms with Crippen LogP contribution in [0.5, 0.6) is 0 Å². The van der Waals surface area contributed by atoms with Gasteiger partial charge in [0.2, 0.25) is 5.91 Å². The van der Waals surface area contributed by atoms with E-state index in [4.69, 9.17) is 5.73 Å². The summed E-state index contributed by atoms with van der Waals surface area (Å²) >= 11 is 0. The van der Waals surface area contributed by atoms with Crippen LogP contribution in [-0.4, -0.2) is 28.9 Å². The number of hydrogen-bond acceptors (Lipinski definition) is 3. The second-order valence-electron chi connectivity index (χ2n) is 6.53. The highest BCUT2D eigenvalue weighted by molar-refractivity contribution is 5.78. The van der Waals surface area contributed by atoms with E-state index in [1.807, 2.05) is 38.1 Å². The number of nitrogen functional groups attached to an aromatic ring is 1. The first-order valence-electron chi connectivity index (χ1n) is 7.63. The number of benzene rings is 1. The van der Waals surface area contributed by atoms with Crippen molar-refractivity contribution in [2.75, 3.05) is 12.3 Å². The average Bonchev–Trinajstić information content (AvgIpc) is 2.39. The molecule has 1 amide bonds. The largest absolute Gasteiger partial charge is 0.399 e. The first-order chi connectivity index (χ1) is 9.73. The van der Waals surface area contributed by atoms with E-state index in [0.717, 1.165) is 18.7 Å². The summed E-state index contributed by atoms with van der Waals surface area (Å²) in [6.07, 6.45) is 0.915. The van der Waals surface area contributed by atoms with Crippen molar-refractivity contribution < 1.29 is 4.79 Å². The monoisotopic (exact) mass is 291 g/mol. The van der Waals surface area contributed by atoms with Gasteiger partial charge in [-0.15, -0.1) is 0 Å². The van der Waals surface area contributed by atoms with Crippen LogP contribution in [0, 0.1) is 0 Å². The van der Waals surface area contributed by atoms with E-state index in [1.165, 1.54) is 5.56 Å². The molecule has 0 saturated heterocycles. The number of amides is 1. The maximum atomic E-state index is 12.2. The fraction of sp³-hybridized carbons (Fsp3) is 0.588. The summed E-state index contributed by atoms with van der Waals surface area (Å²) in [6.45, 7) is 11.5. The van der Waals surface area contributed by atoms with Crippen LogP contribution in [0.1, 0.15) is 46.6 Å². The van der Waals surface area contributed by atoms with Crippen LogP contribution in [0.15, 0.2) is 24.3 Å². The summed E-state index contributed by atoms with van der Waals surface area (Å²) in [5.74, 6) is 0.0750. The minimum atomic E-state index is -0.152. The van der Waals surface area contributed by atoms with Gasteiger partial charge in [0.25, 0.3) is 0 Å². The highest BCUT2D eigenvalue weighted by atomic mass is 16.2. The van der Waals surface area contributed by atoms with E-state index in [1.54, 1.807) is 0 Å². The molecular weight excluding hydrogens is 262 g/mol. The Kier molecular flexibility index (Phi) is 6.21. The van der Waals surface area contributed by atoms with Crippen LogP contribution in [0.2, 0.25) is 0 Å². The summed E-state index contributed by atoms with van der Waals surface area (Å²) in [7, 11) is 0. The second kappa shape index (κ2) is 7.46. The van der Waals surface area contributed by atoms with Gasteiger partial charge in [0, 0.05) is 23.8 Å². The van der Waals surface area contributed by atoms with E-state index >= 15 is 0 Å². The molecule has 0 aliphatic heterocycles.